The molecule has 2 aliphatic rings. The minimum Gasteiger partial charge on any atom is -0.340 e. The Bertz CT molecular complexity index is 641. The predicted molar refractivity (Wildman–Crippen MR) is 89.4 cm³/mol. The van der Waals surface area contributed by atoms with Gasteiger partial charge in [0, 0.05) is 39.1 Å². The first-order valence-electron chi connectivity index (χ1n) is 8.77. The third-order valence-corrected chi connectivity index (χ3v) is 6.46. The van der Waals surface area contributed by atoms with Crippen LogP contribution in [0.1, 0.15) is 44.3 Å². The predicted octanol–water partition coefficient (Wildman–Crippen LogP) is 0.909. The van der Waals surface area contributed by atoms with Crippen LogP contribution in [0, 0.1) is 12.8 Å². The van der Waals surface area contributed by atoms with Gasteiger partial charge in [0.15, 0.2) is 5.82 Å². The Morgan fingerprint density at radius 2 is 2.04 bits per heavy atom. The fourth-order valence-electron chi connectivity index (χ4n) is 3.69. The zero-order valence-corrected chi connectivity index (χ0v) is 15.3. The van der Waals surface area contributed by atoms with E-state index in [0.29, 0.717) is 43.8 Å². The first-order chi connectivity index (χ1) is 11.5. The summed E-state index contributed by atoms with van der Waals surface area (Å²) >= 11 is 0. The lowest BCUT2D eigenvalue weighted by Gasteiger charge is -2.23. The van der Waals surface area contributed by atoms with Crippen molar-refractivity contribution in [2.24, 2.45) is 5.92 Å². The Hall–Kier alpha value is -1.03. The van der Waals surface area contributed by atoms with Crippen LogP contribution in [-0.4, -0.2) is 60.0 Å². The lowest BCUT2D eigenvalue weighted by Crippen LogP contribution is -2.47. The van der Waals surface area contributed by atoms with Crippen molar-refractivity contribution in [2.75, 3.05) is 26.2 Å². The number of rotatable bonds is 7. The number of aromatic nitrogens is 2. The number of aryl methyl sites for hydroxylation is 1. The molecule has 0 saturated carbocycles. The van der Waals surface area contributed by atoms with Crippen molar-refractivity contribution in [3.05, 3.63) is 11.7 Å². The van der Waals surface area contributed by atoms with Gasteiger partial charge in [-0.3, -0.25) is 4.90 Å². The van der Waals surface area contributed by atoms with E-state index in [2.05, 4.69) is 26.7 Å². The first-order valence-corrected chi connectivity index (χ1v) is 10.2. The van der Waals surface area contributed by atoms with E-state index in [-0.39, 0.29) is 6.04 Å². The van der Waals surface area contributed by atoms with Gasteiger partial charge >= 0.3 is 0 Å². The van der Waals surface area contributed by atoms with Crippen molar-refractivity contribution >= 4 is 10.2 Å². The normalized spacial score (nSPS) is 26.4. The summed E-state index contributed by atoms with van der Waals surface area (Å²) in [6, 6.07) is -0.0523. The molecule has 24 heavy (non-hydrogen) atoms. The lowest BCUT2D eigenvalue weighted by atomic mass is 9.99. The molecule has 1 N–H and O–H groups in total. The van der Waals surface area contributed by atoms with Crippen molar-refractivity contribution < 1.29 is 12.9 Å². The maximum Gasteiger partial charge on any atom is 0.279 e. The van der Waals surface area contributed by atoms with Crippen LogP contribution in [0.3, 0.4) is 0 Å². The van der Waals surface area contributed by atoms with Gasteiger partial charge in [-0.2, -0.15) is 22.4 Å². The second kappa shape index (κ2) is 7.47. The van der Waals surface area contributed by atoms with E-state index in [4.69, 9.17) is 4.52 Å². The molecule has 0 amide bonds. The number of hydrogen-bond donors (Lipinski definition) is 1. The molecule has 1 aromatic heterocycles. The monoisotopic (exact) mass is 357 g/mol. The van der Waals surface area contributed by atoms with Crippen LogP contribution >= 0.6 is 0 Å². The zero-order chi connectivity index (χ0) is 17.2. The molecule has 0 bridgehead atoms. The molecule has 2 atom stereocenters. The van der Waals surface area contributed by atoms with E-state index < -0.39 is 10.2 Å². The van der Waals surface area contributed by atoms with E-state index in [1.165, 1.54) is 0 Å². The van der Waals surface area contributed by atoms with E-state index >= 15 is 0 Å². The van der Waals surface area contributed by atoms with Crippen molar-refractivity contribution in [3.8, 4) is 0 Å². The Morgan fingerprint density at radius 3 is 2.67 bits per heavy atom. The fraction of sp³-hybridized carbons (Fsp3) is 0.867. The van der Waals surface area contributed by atoms with Gasteiger partial charge in [0.2, 0.25) is 5.89 Å². The third kappa shape index (κ3) is 4.14. The highest BCUT2D eigenvalue weighted by Crippen LogP contribution is 2.24. The smallest absolute Gasteiger partial charge is 0.279 e. The van der Waals surface area contributed by atoms with Gasteiger partial charge in [0.05, 0.1) is 6.54 Å². The van der Waals surface area contributed by atoms with Gasteiger partial charge in [-0.1, -0.05) is 18.5 Å². The maximum atomic E-state index is 12.6. The fourth-order valence-corrected chi connectivity index (χ4v) is 5.22. The number of hydrogen-bond acceptors (Lipinski definition) is 6. The minimum atomic E-state index is -3.38. The molecule has 0 aliphatic carbocycles. The summed E-state index contributed by atoms with van der Waals surface area (Å²) in [4.78, 5) is 6.45. The zero-order valence-electron chi connectivity index (χ0n) is 14.4. The Morgan fingerprint density at radius 1 is 1.29 bits per heavy atom. The van der Waals surface area contributed by atoms with Gasteiger partial charge in [0.25, 0.3) is 10.2 Å². The molecule has 0 spiro atoms. The van der Waals surface area contributed by atoms with Crippen molar-refractivity contribution in [1.29, 1.82) is 0 Å². The van der Waals surface area contributed by atoms with E-state index in [9.17, 15) is 8.42 Å². The molecule has 8 nitrogen and oxygen atoms in total. The molecule has 0 radical (unpaired) electrons. The molecular formula is C15H27N5O3S. The van der Waals surface area contributed by atoms with Crippen LogP contribution in [0.4, 0.5) is 0 Å². The van der Waals surface area contributed by atoms with E-state index in [1.807, 2.05) is 0 Å². The summed E-state index contributed by atoms with van der Waals surface area (Å²) < 4.78 is 34.7. The van der Waals surface area contributed by atoms with E-state index in [0.717, 1.165) is 32.2 Å². The summed E-state index contributed by atoms with van der Waals surface area (Å²) in [7, 11) is -3.38. The SMILES string of the molecule is CCCC1CN(Cc2noc(C)n2)CC1NS(=O)(=O)N1CCCC1. The summed E-state index contributed by atoms with van der Waals surface area (Å²) in [5.74, 6) is 1.53. The van der Waals surface area contributed by atoms with Gasteiger partial charge < -0.3 is 4.52 Å². The molecular weight excluding hydrogens is 330 g/mol. The molecule has 2 aliphatic heterocycles. The standard InChI is InChI=1S/C15H27N5O3S/c1-3-6-13-9-19(11-15-16-12(2)23-17-15)10-14(13)18-24(21,22)20-7-4-5-8-20/h13-14,18H,3-11H2,1-2H3. The highest BCUT2D eigenvalue weighted by Gasteiger charge is 2.37. The molecule has 2 fully saturated rings. The van der Waals surface area contributed by atoms with Crippen LogP contribution in [0.5, 0.6) is 0 Å². The molecule has 3 rings (SSSR count). The second-order valence-electron chi connectivity index (χ2n) is 6.81. The van der Waals surface area contributed by atoms with Gasteiger partial charge in [-0.15, -0.1) is 0 Å². The summed E-state index contributed by atoms with van der Waals surface area (Å²) in [5, 5.41) is 3.94. The topological polar surface area (TPSA) is 91.6 Å². The number of likely N-dealkylation sites (tertiary alicyclic amines) is 1. The van der Waals surface area contributed by atoms with Gasteiger partial charge in [0.1, 0.15) is 0 Å². The highest BCUT2D eigenvalue weighted by atomic mass is 32.2. The Labute approximate surface area is 143 Å². The molecule has 0 aromatic carbocycles. The van der Waals surface area contributed by atoms with Crippen LogP contribution in [0.25, 0.3) is 0 Å². The second-order valence-corrected chi connectivity index (χ2v) is 8.51. The molecule has 9 heteroatoms. The molecule has 136 valence electrons. The number of nitrogens with one attached hydrogen (secondary N) is 1. The van der Waals surface area contributed by atoms with Crippen LogP contribution in [0.15, 0.2) is 4.52 Å². The average molecular weight is 357 g/mol. The van der Waals surface area contributed by atoms with E-state index in [1.54, 1.807) is 11.2 Å². The van der Waals surface area contributed by atoms with Crippen LogP contribution in [-0.2, 0) is 16.8 Å². The van der Waals surface area contributed by atoms with Crippen LogP contribution < -0.4 is 4.72 Å². The largest absolute Gasteiger partial charge is 0.340 e. The lowest BCUT2D eigenvalue weighted by molar-refractivity contribution is 0.295. The van der Waals surface area contributed by atoms with Crippen molar-refractivity contribution in [1.82, 2.24) is 24.1 Å². The molecule has 2 saturated heterocycles. The Kier molecular flexibility index (Phi) is 5.53. The molecule has 2 unspecified atom stereocenters. The van der Waals surface area contributed by atoms with Crippen molar-refractivity contribution in [2.45, 2.75) is 52.1 Å². The van der Waals surface area contributed by atoms with Gasteiger partial charge in [-0.25, -0.2) is 0 Å². The quantitative estimate of drug-likeness (QED) is 0.780. The summed E-state index contributed by atoms with van der Waals surface area (Å²) in [6.07, 6.45) is 3.96. The summed E-state index contributed by atoms with van der Waals surface area (Å²) in [5.41, 5.74) is 0. The Balaban J connectivity index is 1.64. The third-order valence-electron chi connectivity index (χ3n) is 4.82. The van der Waals surface area contributed by atoms with Crippen molar-refractivity contribution in [3.63, 3.8) is 0 Å². The summed E-state index contributed by atoms with van der Waals surface area (Å²) in [6.45, 7) is 7.31. The molecule has 1 aromatic rings. The maximum absolute atomic E-state index is 12.6. The minimum absolute atomic E-state index is 0.0523. The van der Waals surface area contributed by atoms with Crippen LogP contribution in [0.2, 0.25) is 0 Å². The average Bonchev–Trinajstić information content (AvgIpc) is 3.23. The molecule has 3 heterocycles. The number of nitrogens with zero attached hydrogens (tertiary/aromatic N) is 4. The van der Waals surface area contributed by atoms with Gasteiger partial charge in [-0.05, 0) is 25.2 Å². The first kappa shape index (κ1) is 17.8. The highest BCUT2D eigenvalue weighted by molar-refractivity contribution is 7.87.